The fourth-order valence-corrected chi connectivity index (χ4v) is 3.00. The third kappa shape index (κ3) is 5.50. The minimum Gasteiger partial charge on any atom is -0.455 e. The van der Waals surface area contributed by atoms with E-state index in [-0.39, 0.29) is 23.2 Å². The van der Waals surface area contributed by atoms with Gasteiger partial charge in [0.05, 0.1) is 0 Å². The second-order valence-corrected chi connectivity index (χ2v) is 7.83. The van der Waals surface area contributed by atoms with Crippen molar-refractivity contribution in [3.8, 4) is 0 Å². The van der Waals surface area contributed by atoms with E-state index in [0.717, 1.165) is 11.8 Å². The molecule has 24 heavy (non-hydrogen) atoms. The van der Waals surface area contributed by atoms with Crippen LogP contribution in [0.2, 0.25) is 0 Å². The van der Waals surface area contributed by atoms with Crippen LogP contribution in [0.4, 0.5) is 0 Å². The topological polar surface area (TPSA) is 93.6 Å². The first-order valence-electron chi connectivity index (χ1n) is 7.69. The molecule has 0 aliphatic heterocycles. The molecule has 0 spiro atoms. The Labute approximate surface area is 142 Å². The summed E-state index contributed by atoms with van der Waals surface area (Å²) in [5.74, 6) is -0.0881. The van der Waals surface area contributed by atoms with Crippen molar-refractivity contribution in [2.75, 3.05) is 19.3 Å². The summed E-state index contributed by atoms with van der Waals surface area (Å²) >= 11 is 0. The van der Waals surface area contributed by atoms with Gasteiger partial charge in [0, 0.05) is 19.3 Å². The smallest absolute Gasteiger partial charge is 0.289 e. The van der Waals surface area contributed by atoms with Crippen molar-refractivity contribution in [3.05, 3.63) is 59.5 Å². The number of hydrogen-bond acceptors (Lipinski definition) is 5. The van der Waals surface area contributed by atoms with Crippen molar-refractivity contribution in [2.24, 2.45) is 5.73 Å². The molecule has 0 bridgehead atoms. The zero-order valence-corrected chi connectivity index (χ0v) is 14.5. The number of benzene rings is 1. The normalized spacial score (nSPS) is 11.4. The van der Waals surface area contributed by atoms with Gasteiger partial charge in [-0.25, -0.2) is 8.42 Å². The average Bonchev–Trinajstić information content (AvgIpc) is 2.98. The van der Waals surface area contributed by atoms with Crippen LogP contribution >= 0.6 is 0 Å². The Kier molecular flexibility index (Phi) is 6.16. The Morgan fingerprint density at radius 1 is 1.17 bits per heavy atom. The Bertz CT molecular complexity index is 769. The third-order valence-electron chi connectivity index (χ3n) is 3.41. The molecule has 1 aromatic carbocycles. The van der Waals surface area contributed by atoms with Crippen LogP contribution in [0.3, 0.4) is 0 Å². The first-order chi connectivity index (χ1) is 11.4. The van der Waals surface area contributed by atoms with Gasteiger partial charge in [0.25, 0.3) is 5.91 Å². The fourth-order valence-electron chi connectivity index (χ4n) is 2.32. The van der Waals surface area contributed by atoms with Gasteiger partial charge in [0.15, 0.2) is 15.6 Å². The van der Waals surface area contributed by atoms with E-state index in [1.807, 2.05) is 30.3 Å². The molecule has 7 heteroatoms. The molecule has 0 aliphatic rings. The Morgan fingerprint density at radius 2 is 1.88 bits per heavy atom. The number of rotatable bonds is 8. The standard InChI is InChI=1S/C17H22N2O4S/c1-24(21,22)13-15-8-9-16(23-15)17(20)19(11-5-10-18)12-14-6-3-2-4-7-14/h2-4,6-9H,5,10-13,18H2,1H3. The summed E-state index contributed by atoms with van der Waals surface area (Å²) in [6.45, 7) is 1.43. The highest BCUT2D eigenvalue weighted by atomic mass is 32.2. The van der Waals surface area contributed by atoms with Crippen LogP contribution in [-0.2, 0) is 22.1 Å². The number of furan rings is 1. The molecule has 1 heterocycles. The lowest BCUT2D eigenvalue weighted by atomic mass is 10.2. The zero-order valence-electron chi connectivity index (χ0n) is 13.6. The van der Waals surface area contributed by atoms with E-state index < -0.39 is 9.84 Å². The molecule has 2 rings (SSSR count). The molecular weight excluding hydrogens is 328 g/mol. The number of nitrogens with zero attached hydrogens (tertiary/aromatic N) is 1. The summed E-state index contributed by atoms with van der Waals surface area (Å²) in [4.78, 5) is 14.3. The predicted molar refractivity (Wildman–Crippen MR) is 92.1 cm³/mol. The van der Waals surface area contributed by atoms with E-state index in [4.69, 9.17) is 10.2 Å². The lowest BCUT2D eigenvalue weighted by molar-refractivity contribution is 0.0708. The second-order valence-electron chi connectivity index (χ2n) is 5.69. The highest BCUT2D eigenvalue weighted by Crippen LogP contribution is 2.15. The van der Waals surface area contributed by atoms with E-state index in [1.54, 1.807) is 4.90 Å². The second kappa shape index (κ2) is 8.12. The molecule has 0 unspecified atom stereocenters. The monoisotopic (exact) mass is 350 g/mol. The van der Waals surface area contributed by atoms with Crippen LogP contribution in [0.5, 0.6) is 0 Å². The average molecular weight is 350 g/mol. The largest absolute Gasteiger partial charge is 0.455 e. The highest BCUT2D eigenvalue weighted by molar-refractivity contribution is 7.89. The molecule has 2 aromatic rings. The first kappa shape index (κ1) is 18.2. The Balaban J connectivity index is 2.15. The first-order valence-corrected chi connectivity index (χ1v) is 9.75. The SMILES string of the molecule is CS(=O)(=O)Cc1ccc(C(=O)N(CCCN)Cc2ccccc2)o1. The summed E-state index contributed by atoms with van der Waals surface area (Å²) in [7, 11) is -3.21. The maximum absolute atomic E-state index is 12.7. The number of hydrogen-bond donors (Lipinski definition) is 1. The van der Waals surface area contributed by atoms with Crippen molar-refractivity contribution < 1.29 is 17.6 Å². The van der Waals surface area contributed by atoms with Gasteiger partial charge < -0.3 is 15.1 Å². The van der Waals surface area contributed by atoms with E-state index in [0.29, 0.717) is 26.1 Å². The van der Waals surface area contributed by atoms with Crippen molar-refractivity contribution in [1.29, 1.82) is 0 Å². The molecule has 130 valence electrons. The lowest BCUT2D eigenvalue weighted by Crippen LogP contribution is -2.32. The minimum atomic E-state index is -3.21. The van der Waals surface area contributed by atoms with Crippen molar-refractivity contribution in [3.63, 3.8) is 0 Å². The number of nitrogens with two attached hydrogens (primary N) is 1. The van der Waals surface area contributed by atoms with Gasteiger partial charge in [0.2, 0.25) is 0 Å². The lowest BCUT2D eigenvalue weighted by Gasteiger charge is -2.21. The summed E-state index contributed by atoms with van der Waals surface area (Å²) in [6, 6.07) is 12.7. The molecule has 0 saturated carbocycles. The van der Waals surface area contributed by atoms with Crippen LogP contribution in [0, 0.1) is 0 Å². The van der Waals surface area contributed by atoms with Crippen LogP contribution in [-0.4, -0.2) is 38.6 Å². The molecule has 0 fully saturated rings. The van der Waals surface area contributed by atoms with Crippen molar-refractivity contribution in [2.45, 2.75) is 18.7 Å². The molecule has 2 N–H and O–H groups in total. The molecule has 0 atom stereocenters. The third-order valence-corrected chi connectivity index (χ3v) is 4.22. The highest BCUT2D eigenvalue weighted by Gasteiger charge is 2.20. The maximum atomic E-state index is 12.7. The number of carbonyl (C=O) groups excluding carboxylic acids is 1. The number of sulfone groups is 1. The van der Waals surface area contributed by atoms with Crippen molar-refractivity contribution >= 4 is 15.7 Å². The molecular formula is C17H22N2O4S. The van der Waals surface area contributed by atoms with Crippen LogP contribution < -0.4 is 5.73 Å². The molecule has 0 saturated heterocycles. The van der Waals surface area contributed by atoms with Gasteiger partial charge >= 0.3 is 0 Å². The van der Waals surface area contributed by atoms with Gasteiger partial charge in [-0.15, -0.1) is 0 Å². The zero-order chi connectivity index (χ0) is 17.6. The van der Waals surface area contributed by atoms with Crippen LogP contribution in [0.15, 0.2) is 46.9 Å². The van der Waals surface area contributed by atoms with Gasteiger partial charge in [-0.2, -0.15) is 0 Å². The summed E-state index contributed by atoms with van der Waals surface area (Å²) in [5, 5.41) is 0. The van der Waals surface area contributed by atoms with Gasteiger partial charge in [-0.1, -0.05) is 30.3 Å². The summed E-state index contributed by atoms with van der Waals surface area (Å²) in [6.07, 6.45) is 1.80. The van der Waals surface area contributed by atoms with Crippen LogP contribution in [0.25, 0.3) is 0 Å². The molecule has 0 aliphatic carbocycles. The number of carbonyl (C=O) groups is 1. The minimum absolute atomic E-state index is 0.140. The number of amides is 1. The molecule has 1 amide bonds. The fraction of sp³-hybridized carbons (Fsp3) is 0.353. The van der Waals surface area contributed by atoms with Crippen molar-refractivity contribution in [1.82, 2.24) is 4.90 Å². The Morgan fingerprint density at radius 3 is 2.50 bits per heavy atom. The molecule has 0 radical (unpaired) electrons. The van der Waals surface area contributed by atoms with Crippen LogP contribution in [0.1, 0.15) is 28.3 Å². The maximum Gasteiger partial charge on any atom is 0.289 e. The summed E-state index contributed by atoms with van der Waals surface area (Å²) in [5.41, 5.74) is 6.56. The molecule has 6 nitrogen and oxygen atoms in total. The summed E-state index contributed by atoms with van der Waals surface area (Å²) < 4.78 is 28.1. The van der Waals surface area contributed by atoms with E-state index >= 15 is 0 Å². The molecule has 1 aromatic heterocycles. The Hall–Kier alpha value is -2.12. The quantitative estimate of drug-likeness (QED) is 0.784. The van der Waals surface area contributed by atoms with E-state index in [1.165, 1.54) is 12.1 Å². The predicted octanol–water partition coefficient (Wildman–Crippen LogP) is 1.82. The van der Waals surface area contributed by atoms with E-state index in [9.17, 15) is 13.2 Å². The van der Waals surface area contributed by atoms with E-state index in [2.05, 4.69) is 0 Å². The van der Waals surface area contributed by atoms with Gasteiger partial charge in [-0.3, -0.25) is 4.79 Å². The van der Waals surface area contributed by atoms with Gasteiger partial charge in [0.1, 0.15) is 11.5 Å². The van der Waals surface area contributed by atoms with Gasteiger partial charge in [-0.05, 0) is 30.7 Å².